The zero-order valence-corrected chi connectivity index (χ0v) is 18.8. The number of benzene rings is 2. The van der Waals surface area contributed by atoms with Gasteiger partial charge in [0.2, 0.25) is 17.7 Å². The third kappa shape index (κ3) is 3.66. The SMILES string of the molecule is CC(C)(C)OC(=O)CN1C(=O)C2(CC(=O)N(Cc3ccccc3)C2=O)c2cc(Cl)ccc21. The topological polar surface area (TPSA) is 84.0 Å². The third-order valence-corrected chi connectivity index (χ3v) is 5.77. The van der Waals surface area contributed by atoms with Crippen molar-refractivity contribution in [2.75, 3.05) is 11.4 Å². The number of hydrogen-bond acceptors (Lipinski definition) is 5. The zero-order valence-electron chi connectivity index (χ0n) is 18.1. The van der Waals surface area contributed by atoms with Crippen LogP contribution in [0.1, 0.15) is 38.3 Å². The molecule has 2 aliphatic rings. The molecule has 0 saturated carbocycles. The summed E-state index contributed by atoms with van der Waals surface area (Å²) in [5, 5.41) is 0.330. The average Bonchev–Trinajstić information content (AvgIpc) is 3.08. The summed E-state index contributed by atoms with van der Waals surface area (Å²) in [7, 11) is 0. The molecule has 1 unspecified atom stereocenters. The molecule has 3 amide bonds. The van der Waals surface area contributed by atoms with Gasteiger partial charge in [0.25, 0.3) is 0 Å². The van der Waals surface area contributed by atoms with Crippen LogP contribution in [0.5, 0.6) is 0 Å². The molecule has 0 aromatic heterocycles. The zero-order chi connectivity index (χ0) is 23.3. The normalized spacial score (nSPS) is 20.3. The van der Waals surface area contributed by atoms with Gasteiger partial charge in [0, 0.05) is 16.3 Å². The van der Waals surface area contributed by atoms with Crippen molar-refractivity contribution in [1.82, 2.24) is 4.90 Å². The Morgan fingerprint density at radius 2 is 1.69 bits per heavy atom. The predicted octanol–water partition coefficient (Wildman–Crippen LogP) is 3.23. The summed E-state index contributed by atoms with van der Waals surface area (Å²) in [6.07, 6.45) is -0.310. The molecule has 8 heteroatoms. The van der Waals surface area contributed by atoms with E-state index in [9.17, 15) is 19.2 Å². The second-order valence-corrected chi connectivity index (χ2v) is 9.43. The summed E-state index contributed by atoms with van der Waals surface area (Å²) in [4.78, 5) is 54.9. The molecule has 7 nitrogen and oxygen atoms in total. The van der Waals surface area contributed by atoms with Crippen LogP contribution in [0.2, 0.25) is 5.02 Å². The molecule has 0 N–H and O–H groups in total. The van der Waals surface area contributed by atoms with E-state index >= 15 is 0 Å². The van der Waals surface area contributed by atoms with Gasteiger partial charge in [-0.05, 0) is 44.5 Å². The van der Waals surface area contributed by atoms with Crippen LogP contribution >= 0.6 is 11.6 Å². The molecule has 2 aromatic carbocycles. The average molecular weight is 455 g/mol. The van der Waals surface area contributed by atoms with E-state index in [1.807, 2.05) is 30.3 Å². The van der Waals surface area contributed by atoms with Crippen molar-refractivity contribution < 1.29 is 23.9 Å². The number of likely N-dealkylation sites (tertiary alicyclic amines) is 1. The number of ether oxygens (including phenoxy) is 1. The monoisotopic (exact) mass is 454 g/mol. The van der Waals surface area contributed by atoms with Crippen molar-refractivity contribution in [2.24, 2.45) is 0 Å². The summed E-state index contributed by atoms with van der Waals surface area (Å²) in [5.41, 5.74) is -0.964. The Balaban J connectivity index is 1.72. The van der Waals surface area contributed by atoms with Crippen LogP contribution in [0, 0.1) is 0 Å². The van der Waals surface area contributed by atoms with Crippen LogP contribution in [0.25, 0.3) is 0 Å². The maximum Gasteiger partial charge on any atom is 0.326 e. The van der Waals surface area contributed by atoms with Crippen molar-refractivity contribution in [2.45, 2.75) is 44.8 Å². The van der Waals surface area contributed by atoms with Gasteiger partial charge in [0.1, 0.15) is 12.1 Å². The Labute approximate surface area is 190 Å². The molecule has 166 valence electrons. The van der Waals surface area contributed by atoms with Gasteiger partial charge in [-0.2, -0.15) is 0 Å². The van der Waals surface area contributed by atoms with Crippen molar-refractivity contribution in [3.8, 4) is 0 Å². The number of fused-ring (bicyclic) bond motifs is 2. The van der Waals surface area contributed by atoms with Crippen molar-refractivity contribution in [3.05, 3.63) is 64.7 Å². The first-order chi connectivity index (χ1) is 15.0. The molecule has 1 fully saturated rings. The largest absolute Gasteiger partial charge is 0.459 e. The smallest absolute Gasteiger partial charge is 0.326 e. The molecule has 1 atom stereocenters. The highest BCUT2D eigenvalue weighted by Gasteiger charge is 2.64. The van der Waals surface area contributed by atoms with Crippen LogP contribution in [0.3, 0.4) is 0 Å². The lowest BCUT2D eigenvalue weighted by atomic mass is 9.80. The van der Waals surface area contributed by atoms with Crippen LogP contribution in [0.15, 0.2) is 48.5 Å². The first-order valence-corrected chi connectivity index (χ1v) is 10.6. The summed E-state index contributed by atoms with van der Waals surface area (Å²) in [6.45, 7) is 4.88. The molecule has 0 radical (unpaired) electrons. The first-order valence-electron chi connectivity index (χ1n) is 10.3. The molecule has 32 heavy (non-hydrogen) atoms. The Hall–Kier alpha value is -3.19. The first kappa shape index (κ1) is 22.0. The number of carbonyl (C=O) groups is 4. The molecule has 1 saturated heterocycles. The minimum Gasteiger partial charge on any atom is -0.459 e. The minimum atomic E-state index is -1.73. The fraction of sp³-hybridized carbons (Fsp3) is 0.333. The van der Waals surface area contributed by atoms with E-state index in [0.717, 1.165) is 10.5 Å². The lowest BCUT2D eigenvalue weighted by molar-refractivity contribution is -0.154. The highest BCUT2D eigenvalue weighted by atomic mass is 35.5. The van der Waals surface area contributed by atoms with Crippen LogP contribution < -0.4 is 4.90 Å². The van der Waals surface area contributed by atoms with E-state index in [1.54, 1.807) is 32.9 Å². The van der Waals surface area contributed by atoms with Crippen molar-refractivity contribution in [3.63, 3.8) is 0 Å². The van der Waals surface area contributed by atoms with E-state index in [-0.39, 0.29) is 19.5 Å². The number of carbonyl (C=O) groups excluding carboxylic acids is 4. The number of hydrogen-bond donors (Lipinski definition) is 0. The van der Waals surface area contributed by atoms with Crippen molar-refractivity contribution in [1.29, 1.82) is 0 Å². The number of anilines is 1. The fourth-order valence-corrected chi connectivity index (χ4v) is 4.42. The maximum atomic E-state index is 13.6. The van der Waals surface area contributed by atoms with E-state index in [4.69, 9.17) is 16.3 Å². The highest BCUT2D eigenvalue weighted by Crippen LogP contribution is 2.49. The van der Waals surface area contributed by atoms with Crippen molar-refractivity contribution >= 4 is 41.0 Å². The number of imide groups is 1. The van der Waals surface area contributed by atoms with Gasteiger partial charge in [0.05, 0.1) is 13.0 Å². The molecule has 4 rings (SSSR count). The summed E-state index contributed by atoms with van der Waals surface area (Å²) >= 11 is 6.19. The highest BCUT2D eigenvalue weighted by molar-refractivity contribution is 6.32. The Kier molecular flexibility index (Phi) is 5.33. The Morgan fingerprint density at radius 3 is 2.34 bits per heavy atom. The summed E-state index contributed by atoms with van der Waals surface area (Å²) in [5.74, 6) is -2.28. The van der Waals surface area contributed by atoms with Gasteiger partial charge in [-0.25, -0.2) is 0 Å². The lowest BCUT2D eigenvalue weighted by Gasteiger charge is -2.24. The van der Waals surface area contributed by atoms with Gasteiger partial charge >= 0.3 is 5.97 Å². The Bertz CT molecular complexity index is 1120. The quantitative estimate of drug-likeness (QED) is 0.402. The second-order valence-electron chi connectivity index (χ2n) is 8.99. The third-order valence-electron chi connectivity index (χ3n) is 5.54. The molecule has 2 aliphatic heterocycles. The molecule has 0 aliphatic carbocycles. The van der Waals surface area contributed by atoms with Gasteiger partial charge in [-0.15, -0.1) is 0 Å². The standard InChI is InChI=1S/C24H23ClN2O5/c1-23(2,3)32-20(29)14-26-18-10-9-16(25)11-17(18)24(21(26)30)12-19(28)27(22(24)31)13-15-7-5-4-6-8-15/h4-11H,12-14H2,1-3H3. The Morgan fingerprint density at radius 1 is 1.03 bits per heavy atom. The molecule has 2 heterocycles. The van der Waals surface area contributed by atoms with E-state index < -0.39 is 34.7 Å². The number of esters is 1. The van der Waals surface area contributed by atoms with E-state index in [0.29, 0.717) is 16.3 Å². The molecule has 0 bridgehead atoms. The van der Waals surface area contributed by atoms with Gasteiger partial charge in [-0.3, -0.25) is 29.0 Å². The predicted molar refractivity (Wildman–Crippen MR) is 118 cm³/mol. The van der Waals surface area contributed by atoms with Gasteiger partial charge < -0.3 is 4.74 Å². The van der Waals surface area contributed by atoms with Crippen LogP contribution in [-0.2, 0) is 35.9 Å². The second kappa shape index (κ2) is 7.74. The van der Waals surface area contributed by atoms with Gasteiger partial charge in [-0.1, -0.05) is 41.9 Å². The van der Waals surface area contributed by atoms with E-state index in [2.05, 4.69) is 0 Å². The lowest BCUT2D eigenvalue weighted by Crippen LogP contribution is -2.48. The van der Waals surface area contributed by atoms with Crippen LogP contribution in [0.4, 0.5) is 5.69 Å². The molecular weight excluding hydrogens is 432 g/mol. The number of halogens is 1. The molecule has 1 spiro atoms. The number of amides is 3. The van der Waals surface area contributed by atoms with Gasteiger partial charge in [0.15, 0.2) is 5.41 Å². The fourth-order valence-electron chi connectivity index (χ4n) is 4.25. The minimum absolute atomic E-state index is 0.0650. The maximum absolute atomic E-state index is 13.6. The summed E-state index contributed by atoms with van der Waals surface area (Å²) in [6, 6.07) is 13.8. The molecular formula is C24H23ClN2O5. The van der Waals surface area contributed by atoms with E-state index in [1.165, 1.54) is 11.0 Å². The summed E-state index contributed by atoms with van der Waals surface area (Å²) < 4.78 is 5.36. The number of rotatable bonds is 4. The number of nitrogens with zero attached hydrogens (tertiary/aromatic N) is 2. The van der Waals surface area contributed by atoms with Crippen LogP contribution in [-0.4, -0.2) is 40.7 Å². The molecule has 2 aromatic rings.